The smallest absolute Gasteiger partial charge is 0.212 e. The molecule has 1 aromatic carbocycles. The van der Waals surface area contributed by atoms with Crippen molar-refractivity contribution in [3.05, 3.63) is 34.4 Å². The Balaban J connectivity index is 2.23. The lowest BCUT2D eigenvalue weighted by Gasteiger charge is -2.28. The molecule has 0 bridgehead atoms. The van der Waals surface area contributed by atoms with Crippen molar-refractivity contribution in [1.29, 1.82) is 0 Å². The predicted octanol–water partition coefficient (Wildman–Crippen LogP) is 7.18. The van der Waals surface area contributed by atoms with Crippen molar-refractivity contribution in [2.24, 2.45) is 11.3 Å². The van der Waals surface area contributed by atoms with Crippen LogP contribution in [-0.4, -0.2) is 17.8 Å². The van der Waals surface area contributed by atoms with Gasteiger partial charge in [-0.25, -0.2) is 0 Å². The van der Waals surface area contributed by atoms with Crippen molar-refractivity contribution < 1.29 is 9.32 Å². The zero-order valence-corrected chi connectivity index (χ0v) is 18.7. The summed E-state index contributed by atoms with van der Waals surface area (Å²) in [5.74, 6) is 0.498. The molecule has 0 heterocycles. The Kier molecular flexibility index (Phi) is 7.45. The largest absolute Gasteiger partial charge is 0.348 e. The molecule has 1 aromatic rings. The van der Waals surface area contributed by atoms with Crippen molar-refractivity contribution in [3.8, 4) is 0 Å². The molecule has 0 saturated heterocycles. The van der Waals surface area contributed by atoms with Gasteiger partial charge in [0.05, 0.1) is 6.10 Å². The van der Waals surface area contributed by atoms with E-state index in [0.717, 1.165) is 42.1 Å². The van der Waals surface area contributed by atoms with Crippen molar-refractivity contribution in [3.63, 3.8) is 0 Å². The molecule has 0 N–H and O–H groups in total. The second kappa shape index (κ2) is 8.98. The first-order valence-corrected chi connectivity index (χ1v) is 11.6. The molecule has 1 fully saturated rings. The third-order valence-electron chi connectivity index (χ3n) is 5.13. The van der Waals surface area contributed by atoms with Crippen LogP contribution in [0.4, 0.5) is 0 Å². The molecule has 2 rings (SSSR count). The van der Waals surface area contributed by atoms with Crippen LogP contribution in [0.1, 0.15) is 86.8 Å². The lowest BCUT2D eigenvalue weighted by Crippen LogP contribution is -2.18. The fourth-order valence-electron chi connectivity index (χ4n) is 4.38. The van der Waals surface area contributed by atoms with Gasteiger partial charge in [0, 0.05) is 11.7 Å². The van der Waals surface area contributed by atoms with Crippen molar-refractivity contribution in [1.82, 2.24) is 0 Å². The van der Waals surface area contributed by atoms with Crippen LogP contribution in [0, 0.1) is 32.1 Å². The molecule has 0 aromatic heterocycles. The number of hydrogen-bond acceptors (Lipinski definition) is 2. The Morgan fingerprint density at radius 2 is 1.69 bits per heavy atom. The number of carbonyl (C=O) groups is 1. The first kappa shape index (κ1) is 21.6. The van der Waals surface area contributed by atoms with Gasteiger partial charge in [0.2, 0.25) is 5.52 Å². The van der Waals surface area contributed by atoms with Gasteiger partial charge in [-0.05, 0) is 62.5 Å². The van der Waals surface area contributed by atoms with Gasteiger partial charge in [-0.15, -0.1) is 0 Å². The number of hydrogen-bond donors (Lipinski definition) is 0. The van der Waals surface area contributed by atoms with Crippen LogP contribution >= 0.6 is 8.15 Å². The van der Waals surface area contributed by atoms with E-state index < -0.39 is 8.15 Å². The molecule has 26 heavy (non-hydrogen) atoms. The van der Waals surface area contributed by atoms with Crippen LogP contribution in [-0.2, 0) is 4.52 Å². The molecule has 2 nitrogen and oxygen atoms in total. The zero-order chi connectivity index (χ0) is 19.5. The van der Waals surface area contributed by atoms with Gasteiger partial charge in [-0.3, -0.25) is 4.79 Å². The van der Waals surface area contributed by atoms with E-state index in [-0.39, 0.29) is 17.0 Å². The monoisotopic (exact) mass is 376 g/mol. The minimum Gasteiger partial charge on any atom is -0.348 e. The Labute approximate surface area is 161 Å². The average molecular weight is 377 g/mol. The van der Waals surface area contributed by atoms with Crippen LogP contribution in [0.5, 0.6) is 0 Å². The summed E-state index contributed by atoms with van der Waals surface area (Å²) in [5.41, 5.74) is 4.85. The van der Waals surface area contributed by atoms with Crippen LogP contribution in [0.15, 0.2) is 12.1 Å². The van der Waals surface area contributed by atoms with Gasteiger partial charge in [0.15, 0.2) is 0 Å². The summed E-state index contributed by atoms with van der Waals surface area (Å²) in [6, 6.07) is 4.25. The fourth-order valence-corrected chi connectivity index (χ4v) is 6.60. The molecule has 2 unspecified atom stereocenters. The van der Waals surface area contributed by atoms with Gasteiger partial charge in [-0.1, -0.05) is 58.2 Å². The molecule has 0 aliphatic heterocycles. The number of rotatable bonds is 7. The third kappa shape index (κ3) is 6.17. The molecule has 1 aliphatic rings. The van der Waals surface area contributed by atoms with Gasteiger partial charge >= 0.3 is 0 Å². The Morgan fingerprint density at radius 1 is 1.15 bits per heavy atom. The quantitative estimate of drug-likeness (QED) is 0.471. The molecule has 1 saturated carbocycles. The van der Waals surface area contributed by atoms with E-state index in [1.54, 1.807) is 0 Å². The highest BCUT2D eigenvalue weighted by Crippen LogP contribution is 2.48. The first-order chi connectivity index (χ1) is 12.1. The molecule has 2 atom stereocenters. The van der Waals surface area contributed by atoms with Crippen molar-refractivity contribution in [2.75, 3.05) is 6.16 Å². The SMILES string of the molecule is Cc1cc(C)c(C(=O)P(CC(C)CC(C)(C)C)OC2CCCC2)c(C)c1. The van der Waals surface area contributed by atoms with E-state index in [0.29, 0.717) is 5.92 Å². The number of aryl methyl sites for hydroxylation is 3. The van der Waals surface area contributed by atoms with Crippen molar-refractivity contribution >= 4 is 13.7 Å². The third-order valence-corrected chi connectivity index (χ3v) is 7.32. The van der Waals surface area contributed by atoms with E-state index >= 15 is 0 Å². The summed E-state index contributed by atoms with van der Waals surface area (Å²) in [5, 5.41) is 0. The summed E-state index contributed by atoms with van der Waals surface area (Å²) in [7, 11) is -1.08. The lowest BCUT2D eigenvalue weighted by molar-refractivity contribution is 0.105. The minimum atomic E-state index is -1.08. The van der Waals surface area contributed by atoms with E-state index in [9.17, 15) is 4.79 Å². The van der Waals surface area contributed by atoms with Crippen molar-refractivity contribution in [2.45, 2.75) is 86.7 Å². The second-order valence-electron chi connectivity index (χ2n) is 9.52. The molecule has 146 valence electrons. The Morgan fingerprint density at radius 3 is 2.19 bits per heavy atom. The molecule has 0 radical (unpaired) electrons. The van der Waals surface area contributed by atoms with Crippen LogP contribution in [0.25, 0.3) is 0 Å². The maximum Gasteiger partial charge on any atom is 0.212 e. The van der Waals surface area contributed by atoms with Crippen LogP contribution in [0.3, 0.4) is 0 Å². The standard InChI is InChI=1S/C23H37O2P/c1-16-12-18(3)21(19(4)13-16)22(24)26(25-20-10-8-9-11-20)15-17(2)14-23(5,6)7/h12-13,17,20H,8-11,14-15H2,1-7H3. The van der Waals surface area contributed by atoms with Gasteiger partial charge in [0.25, 0.3) is 0 Å². The maximum atomic E-state index is 13.5. The van der Waals surface area contributed by atoms with Gasteiger partial charge in [0.1, 0.15) is 8.15 Å². The highest BCUT2D eigenvalue weighted by atomic mass is 31.1. The van der Waals surface area contributed by atoms with Crippen LogP contribution < -0.4 is 0 Å². The summed E-state index contributed by atoms with van der Waals surface area (Å²) < 4.78 is 6.47. The van der Waals surface area contributed by atoms with E-state index in [1.807, 2.05) is 0 Å². The summed E-state index contributed by atoms with van der Waals surface area (Å²) in [6.45, 7) is 15.3. The Hall–Kier alpha value is -0.720. The summed E-state index contributed by atoms with van der Waals surface area (Å²) in [4.78, 5) is 13.5. The topological polar surface area (TPSA) is 26.3 Å². The van der Waals surface area contributed by atoms with Gasteiger partial charge in [-0.2, -0.15) is 0 Å². The number of benzene rings is 1. The van der Waals surface area contributed by atoms with E-state index in [4.69, 9.17) is 4.52 Å². The summed E-state index contributed by atoms with van der Waals surface area (Å²) >= 11 is 0. The second-order valence-corrected chi connectivity index (χ2v) is 11.3. The fraction of sp³-hybridized carbons (Fsp3) is 0.696. The molecule has 1 aliphatic carbocycles. The lowest BCUT2D eigenvalue weighted by atomic mass is 9.86. The maximum absolute atomic E-state index is 13.5. The zero-order valence-electron chi connectivity index (χ0n) is 17.8. The van der Waals surface area contributed by atoms with E-state index in [2.05, 4.69) is 60.6 Å². The molecule has 3 heteroatoms. The Bertz CT molecular complexity index is 601. The van der Waals surface area contributed by atoms with E-state index in [1.165, 1.54) is 18.4 Å². The highest BCUT2D eigenvalue weighted by Gasteiger charge is 2.31. The summed E-state index contributed by atoms with van der Waals surface area (Å²) in [6.07, 6.45) is 7.01. The molecular weight excluding hydrogens is 339 g/mol. The number of carbonyl (C=O) groups excluding carboxylic acids is 1. The highest BCUT2D eigenvalue weighted by molar-refractivity contribution is 7.71. The minimum absolute atomic E-state index is 0.252. The van der Waals surface area contributed by atoms with Crippen LogP contribution in [0.2, 0.25) is 0 Å². The average Bonchev–Trinajstić information content (AvgIpc) is 2.96. The molecule has 0 spiro atoms. The normalized spacial score (nSPS) is 18.1. The first-order valence-electron chi connectivity index (χ1n) is 10.1. The van der Waals surface area contributed by atoms with Gasteiger partial charge < -0.3 is 4.52 Å². The predicted molar refractivity (Wildman–Crippen MR) is 113 cm³/mol. The molecular formula is C23H37O2P. The molecule has 0 amide bonds.